The third-order valence-corrected chi connectivity index (χ3v) is 3.84. The van der Waals surface area contributed by atoms with Gasteiger partial charge in [0.1, 0.15) is 0 Å². The maximum absolute atomic E-state index is 12.6. The summed E-state index contributed by atoms with van der Waals surface area (Å²) in [5, 5.41) is 0. The monoisotopic (exact) mass is 358 g/mol. The van der Waals surface area contributed by atoms with E-state index in [-0.39, 0.29) is 17.4 Å². The molecule has 2 amide bonds. The molecule has 1 saturated heterocycles. The summed E-state index contributed by atoms with van der Waals surface area (Å²) in [5.41, 5.74) is 0.296. The molecule has 0 aromatic heterocycles. The minimum absolute atomic E-state index is 0.0529. The highest BCUT2D eigenvalue weighted by Gasteiger charge is 2.24. The molecule has 9 heteroatoms. The number of carbonyl (C=O) groups excluding carboxylic acids is 2. The number of ether oxygens (including phenoxy) is 3. The first-order chi connectivity index (χ1) is 12.0. The number of nitrogens with zero attached hydrogens (tertiary/aromatic N) is 2. The molecule has 0 atom stereocenters. The molecule has 1 aromatic carbocycles. The molecular formula is C16H20F2N2O5. The molecule has 7 nitrogen and oxygen atoms in total. The van der Waals surface area contributed by atoms with Gasteiger partial charge in [0.15, 0.2) is 11.5 Å². The van der Waals surface area contributed by atoms with Crippen molar-refractivity contribution in [3.8, 4) is 11.5 Å². The molecule has 25 heavy (non-hydrogen) atoms. The Morgan fingerprint density at radius 2 is 1.72 bits per heavy atom. The van der Waals surface area contributed by atoms with E-state index in [0.29, 0.717) is 38.2 Å². The van der Waals surface area contributed by atoms with Crippen molar-refractivity contribution >= 4 is 12.0 Å². The van der Waals surface area contributed by atoms with E-state index in [2.05, 4.69) is 4.74 Å². The van der Waals surface area contributed by atoms with Crippen LogP contribution in [0.3, 0.4) is 0 Å². The lowest BCUT2D eigenvalue weighted by Crippen LogP contribution is -2.37. The Kier molecular flexibility index (Phi) is 6.37. The van der Waals surface area contributed by atoms with Gasteiger partial charge in [-0.1, -0.05) is 0 Å². The smallest absolute Gasteiger partial charge is 0.409 e. The summed E-state index contributed by atoms with van der Waals surface area (Å²) in [5.74, 6) is -0.354. The molecule has 0 bridgehead atoms. The van der Waals surface area contributed by atoms with Crippen molar-refractivity contribution in [1.82, 2.24) is 9.80 Å². The molecular weight excluding hydrogens is 338 g/mol. The fraction of sp³-hybridized carbons (Fsp3) is 0.500. The van der Waals surface area contributed by atoms with Crippen LogP contribution in [0.4, 0.5) is 13.6 Å². The van der Waals surface area contributed by atoms with E-state index in [1.54, 1.807) is 4.90 Å². The number of benzene rings is 1. The van der Waals surface area contributed by atoms with Gasteiger partial charge in [-0.2, -0.15) is 8.78 Å². The van der Waals surface area contributed by atoms with Crippen molar-refractivity contribution in [2.24, 2.45) is 0 Å². The highest BCUT2D eigenvalue weighted by Crippen LogP contribution is 2.30. The minimum Gasteiger partial charge on any atom is -0.493 e. The Morgan fingerprint density at radius 1 is 1.04 bits per heavy atom. The van der Waals surface area contributed by atoms with Gasteiger partial charge in [-0.25, -0.2) is 4.79 Å². The van der Waals surface area contributed by atoms with E-state index < -0.39 is 12.7 Å². The normalized spacial score (nSPS) is 14.9. The first-order valence-corrected chi connectivity index (χ1v) is 7.71. The van der Waals surface area contributed by atoms with E-state index in [4.69, 9.17) is 9.47 Å². The fourth-order valence-electron chi connectivity index (χ4n) is 2.61. The largest absolute Gasteiger partial charge is 0.493 e. The van der Waals surface area contributed by atoms with Crippen molar-refractivity contribution in [2.75, 3.05) is 40.4 Å². The average molecular weight is 358 g/mol. The fourth-order valence-corrected chi connectivity index (χ4v) is 2.61. The summed E-state index contributed by atoms with van der Waals surface area (Å²) in [6.07, 6.45) is 0.189. The van der Waals surface area contributed by atoms with Crippen LogP contribution in [0.5, 0.6) is 11.5 Å². The predicted molar refractivity (Wildman–Crippen MR) is 84.1 cm³/mol. The van der Waals surface area contributed by atoms with Gasteiger partial charge >= 0.3 is 12.7 Å². The molecule has 1 aliphatic heterocycles. The van der Waals surface area contributed by atoms with Crippen LogP contribution in [0.25, 0.3) is 0 Å². The van der Waals surface area contributed by atoms with Crippen LogP contribution in [0, 0.1) is 0 Å². The summed E-state index contributed by atoms with van der Waals surface area (Å²) >= 11 is 0. The van der Waals surface area contributed by atoms with Gasteiger partial charge in [0.05, 0.1) is 14.2 Å². The van der Waals surface area contributed by atoms with Crippen LogP contribution in [0.1, 0.15) is 16.8 Å². The second-order valence-corrected chi connectivity index (χ2v) is 5.35. The number of hydrogen-bond acceptors (Lipinski definition) is 5. The standard InChI is InChI=1S/C16H20F2N2O5/c1-23-13-10-11(4-5-12(13)25-15(17)18)14(21)19-6-3-7-20(9-8-19)16(22)24-2/h4-5,10,15H,3,6-9H2,1-2H3. The van der Waals surface area contributed by atoms with Crippen molar-refractivity contribution in [3.63, 3.8) is 0 Å². The number of hydrogen-bond donors (Lipinski definition) is 0. The number of rotatable bonds is 4. The molecule has 1 fully saturated rings. The third-order valence-electron chi connectivity index (χ3n) is 3.84. The number of amides is 2. The van der Waals surface area contributed by atoms with Crippen LogP contribution >= 0.6 is 0 Å². The summed E-state index contributed by atoms with van der Waals surface area (Å²) in [7, 11) is 2.62. The maximum Gasteiger partial charge on any atom is 0.409 e. The lowest BCUT2D eigenvalue weighted by atomic mass is 10.1. The summed E-state index contributed by atoms with van der Waals surface area (Å²) in [4.78, 5) is 27.4. The zero-order chi connectivity index (χ0) is 18.4. The zero-order valence-electron chi connectivity index (χ0n) is 14.0. The quantitative estimate of drug-likeness (QED) is 0.826. The van der Waals surface area contributed by atoms with Crippen LogP contribution < -0.4 is 9.47 Å². The zero-order valence-corrected chi connectivity index (χ0v) is 14.0. The van der Waals surface area contributed by atoms with Gasteiger partial charge < -0.3 is 24.0 Å². The number of alkyl halides is 2. The maximum atomic E-state index is 12.6. The first-order valence-electron chi connectivity index (χ1n) is 7.71. The molecule has 0 unspecified atom stereocenters. The molecule has 2 rings (SSSR count). The summed E-state index contributed by atoms with van der Waals surface area (Å²) < 4.78 is 38.8. The predicted octanol–water partition coefficient (Wildman–Crippen LogP) is 2.21. The van der Waals surface area contributed by atoms with E-state index in [0.717, 1.165) is 0 Å². The van der Waals surface area contributed by atoms with Gasteiger partial charge in [0, 0.05) is 31.7 Å². The van der Waals surface area contributed by atoms with Gasteiger partial charge in [-0.3, -0.25) is 4.79 Å². The molecule has 1 aliphatic rings. The SMILES string of the molecule is COC(=O)N1CCCN(C(=O)c2ccc(OC(F)F)c(OC)c2)CC1. The van der Waals surface area contributed by atoms with Crippen LogP contribution in [0.15, 0.2) is 18.2 Å². The number of halogens is 2. The molecule has 0 N–H and O–H groups in total. The van der Waals surface area contributed by atoms with Crippen molar-refractivity contribution < 1.29 is 32.6 Å². The van der Waals surface area contributed by atoms with Gasteiger partial charge in [-0.05, 0) is 24.6 Å². The van der Waals surface area contributed by atoms with Crippen molar-refractivity contribution in [1.29, 1.82) is 0 Å². The Balaban J connectivity index is 2.10. The Hall–Kier alpha value is -2.58. The van der Waals surface area contributed by atoms with Crippen LogP contribution in [0.2, 0.25) is 0 Å². The van der Waals surface area contributed by atoms with Gasteiger partial charge in [0.2, 0.25) is 0 Å². The van der Waals surface area contributed by atoms with Crippen molar-refractivity contribution in [3.05, 3.63) is 23.8 Å². The lowest BCUT2D eigenvalue weighted by molar-refractivity contribution is -0.0512. The Morgan fingerprint density at radius 3 is 2.36 bits per heavy atom. The summed E-state index contributed by atoms with van der Waals surface area (Å²) in [6.45, 7) is -1.29. The molecule has 138 valence electrons. The van der Waals surface area contributed by atoms with Crippen LogP contribution in [-0.4, -0.2) is 68.8 Å². The van der Waals surface area contributed by atoms with E-state index in [1.807, 2.05) is 0 Å². The number of methoxy groups -OCH3 is 2. The minimum atomic E-state index is -2.98. The highest BCUT2D eigenvalue weighted by molar-refractivity contribution is 5.95. The number of carbonyl (C=O) groups is 2. The lowest BCUT2D eigenvalue weighted by Gasteiger charge is -2.22. The molecule has 0 spiro atoms. The van der Waals surface area contributed by atoms with Crippen LogP contribution in [-0.2, 0) is 4.74 Å². The summed E-state index contributed by atoms with van der Waals surface area (Å²) in [6, 6.07) is 4.05. The molecule has 0 aliphatic carbocycles. The molecule has 1 heterocycles. The Bertz CT molecular complexity index is 627. The average Bonchev–Trinajstić information content (AvgIpc) is 2.86. The molecule has 0 saturated carbocycles. The van der Waals surface area contributed by atoms with E-state index >= 15 is 0 Å². The topological polar surface area (TPSA) is 68.3 Å². The second-order valence-electron chi connectivity index (χ2n) is 5.35. The molecule has 1 aromatic rings. The van der Waals surface area contributed by atoms with Gasteiger partial charge in [0.25, 0.3) is 5.91 Å². The van der Waals surface area contributed by atoms with Crippen molar-refractivity contribution in [2.45, 2.75) is 13.0 Å². The highest BCUT2D eigenvalue weighted by atomic mass is 19.3. The second kappa shape index (κ2) is 8.50. The first kappa shape index (κ1) is 18.8. The third kappa shape index (κ3) is 4.71. The van der Waals surface area contributed by atoms with E-state index in [1.165, 1.54) is 37.3 Å². The van der Waals surface area contributed by atoms with E-state index in [9.17, 15) is 18.4 Å². The Labute approximate surface area is 144 Å². The molecule has 0 radical (unpaired) electrons. The van der Waals surface area contributed by atoms with Gasteiger partial charge in [-0.15, -0.1) is 0 Å².